The van der Waals surface area contributed by atoms with Gasteiger partial charge in [0.2, 0.25) is 0 Å². The smallest absolute Gasteiger partial charge is 0.407 e. The molecule has 4 rings (SSSR count). The van der Waals surface area contributed by atoms with Crippen LogP contribution in [0, 0.1) is 0 Å². The minimum absolute atomic E-state index is 0.0428. The lowest BCUT2D eigenvalue weighted by Gasteiger charge is -2.14. The van der Waals surface area contributed by atoms with Crippen molar-refractivity contribution in [3.8, 4) is 11.1 Å². The summed E-state index contributed by atoms with van der Waals surface area (Å²) in [6, 6.07) is 21.6. The Kier molecular flexibility index (Phi) is 6.60. The Bertz CT molecular complexity index is 1110. The van der Waals surface area contributed by atoms with Gasteiger partial charge in [-0.1, -0.05) is 60.7 Å². The van der Waals surface area contributed by atoms with Crippen LogP contribution in [0.3, 0.4) is 0 Å². The van der Waals surface area contributed by atoms with Crippen molar-refractivity contribution < 1.29 is 19.1 Å². The second kappa shape index (κ2) is 9.92. The normalized spacial score (nSPS) is 12.3. The number of fused-ring (bicyclic) bond motifs is 3. The Balaban J connectivity index is 1.26. The van der Waals surface area contributed by atoms with E-state index in [9.17, 15) is 9.59 Å². The summed E-state index contributed by atoms with van der Waals surface area (Å²) in [5.41, 5.74) is 5.68. The van der Waals surface area contributed by atoms with Crippen molar-refractivity contribution in [1.29, 1.82) is 0 Å². The number of methoxy groups -OCH3 is 1. The monoisotopic (exact) mass is 428 g/mol. The van der Waals surface area contributed by atoms with Crippen molar-refractivity contribution in [1.82, 2.24) is 10.3 Å². The number of carbonyl (C=O) groups is 2. The number of ether oxygens (including phenoxy) is 2. The molecule has 1 heterocycles. The molecular formula is C26H24N2O4. The molecule has 6 nitrogen and oxygen atoms in total. The van der Waals surface area contributed by atoms with E-state index in [1.165, 1.54) is 29.4 Å². The highest BCUT2D eigenvalue weighted by molar-refractivity contribution is 5.87. The van der Waals surface area contributed by atoms with E-state index >= 15 is 0 Å². The lowest BCUT2D eigenvalue weighted by atomic mass is 9.98. The van der Waals surface area contributed by atoms with Gasteiger partial charge in [0.05, 0.1) is 12.8 Å². The molecule has 0 radical (unpaired) electrons. The number of benzene rings is 2. The van der Waals surface area contributed by atoms with Crippen LogP contribution in [0.5, 0.6) is 0 Å². The van der Waals surface area contributed by atoms with E-state index in [0.717, 1.165) is 0 Å². The Morgan fingerprint density at radius 2 is 1.66 bits per heavy atom. The van der Waals surface area contributed by atoms with Gasteiger partial charge >= 0.3 is 12.1 Å². The van der Waals surface area contributed by atoms with Crippen LogP contribution in [0.1, 0.15) is 39.6 Å². The fraction of sp³-hybridized carbons (Fsp3) is 0.192. The Hall–Kier alpha value is -3.93. The maximum absolute atomic E-state index is 12.2. The van der Waals surface area contributed by atoms with E-state index in [2.05, 4.69) is 39.3 Å². The van der Waals surface area contributed by atoms with Crippen LogP contribution in [0.25, 0.3) is 17.2 Å². The van der Waals surface area contributed by atoms with Crippen molar-refractivity contribution in [2.24, 2.45) is 0 Å². The number of carbonyl (C=O) groups excluding carboxylic acids is 2. The highest BCUT2D eigenvalue weighted by Crippen LogP contribution is 2.44. The molecular weight excluding hydrogens is 404 g/mol. The molecule has 0 unspecified atom stereocenters. The van der Waals surface area contributed by atoms with Gasteiger partial charge in [-0.05, 0) is 46.9 Å². The summed E-state index contributed by atoms with van der Waals surface area (Å²) < 4.78 is 10.2. The minimum Gasteiger partial charge on any atom is -0.464 e. The van der Waals surface area contributed by atoms with Crippen LogP contribution in [0.15, 0.2) is 72.8 Å². The number of nitrogens with one attached hydrogen (secondary N) is 1. The van der Waals surface area contributed by atoms with E-state index in [1.54, 1.807) is 24.3 Å². The Labute approximate surface area is 186 Å². The lowest BCUT2D eigenvalue weighted by Crippen LogP contribution is -2.26. The average Bonchev–Trinajstić information content (AvgIpc) is 3.16. The molecule has 1 amide bonds. The Morgan fingerprint density at radius 3 is 2.34 bits per heavy atom. The summed E-state index contributed by atoms with van der Waals surface area (Å²) in [4.78, 5) is 27.9. The van der Waals surface area contributed by atoms with E-state index in [1.807, 2.05) is 30.3 Å². The third-order valence-electron chi connectivity index (χ3n) is 5.38. The first kappa shape index (κ1) is 21.3. The fourth-order valence-corrected chi connectivity index (χ4v) is 3.87. The molecule has 1 aromatic heterocycles. The predicted molar refractivity (Wildman–Crippen MR) is 122 cm³/mol. The van der Waals surface area contributed by atoms with Crippen LogP contribution in [0.4, 0.5) is 4.79 Å². The average molecular weight is 428 g/mol. The van der Waals surface area contributed by atoms with Gasteiger partial charge in [0.15, 0.2) is 0 Å². The topological polar surface area (TPSA) is 77.5 Å². The zero-order chi connectivity index (χ0) is 22.3. The summed E-state index contributed by atoms with van der Waals surface area (Å²) in [6.45, 7) is 0.726. The number of hydrogen-bond acceptors (Lipinski definition) is 5. The first-order valence-corrected chi connectivity index (χ1v) is 10.5. The molecule has 0 fully saturated rings. The summed E-state index contributed by atoms with van der Waals surface area (Å²) in [5, 5.41) is 2.77. The van der Waals surface area contributed by atoms with Gasteiger partial charge in [0.1, 0.15) is 12.3 Å². The molecule has 3 aromatic rings. The minimum atomic E-state index is -0.475. The van der Waals surface area contributed by atoms with Crippen LogP contribution in [-0.2, 0) is 9.47 Å². The maximum Gasteiger partial charge on any atom is 0.407 e. The van der Waals surface area contributed by atoms with Crippen LogP contribution >= 0.6 is 0 Å². The first-order chi connectivity index (χ1) is 15.7. The number of pyridine rings is 1. The van der Waals surface area contributed by atoms with Gasteiger partial charge in [-0.2, -0.15) is 0 Å². The largest absolute Gasteiger partial charge is 0.464 e. The second-order valence-corrected chi connectivity index (χ2v) is 7.38. The summed E-state index contributed by atoms with van der Waals surface area (Å²) >= 11 is 0. The van der Waals surface area contributed by atoms with Gasteiger partial charge in [0, 0.05) is 12.5 Å². The molecule has 2 aromatic carbocycles. The number of aromatic nitrogens is 1. The molecule has 1 aliphatic carbocycles. The van der Waals surface area contributed by atoms with Crippen molar-refractivity contribution in [3.05, 3.63) is 95.3 Å². The molecule has 162 valence electrons. The quantitative estimate of drug-likeness (QED) is 0.432. The van der Waals surface area contributed by atoms with E-state index in [4.69, 9.17) is 4.74 Å². The van der Waals surface area contributed by atoms with Gasteiger partial charge in [-0.15, -0.1) is 0 Å². The van der Waals surface area contributed by atoms with E-state index < -0.39 is 12.1 Å². The summed E-state index contributed by atoms with van der Waals surface area (Å²) in [7, 11) is 1.32. The van der Waals surface area contributed by atoms with Gasteiger partial charge in [-0.3, -0.25) is 0 Å². The highest BCUT2D eigenvalue weighted by atomic mass is 16.5. The molecule has 0 aliphatic heterocycles. The standard InChI is InChI=1S/C26H24N2O4/c1-31-25(29)24-15-8-10-18(28-24)9-6-7-16-27-26(30)32-17-23-21-13-4-2-11-19(21)20-12-3-5-14-22(20)23/h2-6,8-15,23H,7,16-17H2,1H3,(H,27,30). The maximum atomic E-state index is 12.2. The van der Waals surface area contributed by atoms with E-state index in [-0.39, 0.29) is 11.6 Å². The number of amides is 1. The van der Waals surface area contributed by atoms with Gasteiger partial charge in [0.25, 0.3) is 0 Å². The van der Waals surface area contributed by atoms with E-state index in [0.29, 0.717) is 25.3 Å². The third kappa shape index (κ3) is 4.70. The van der Waals surface area contributed by atoms with Crippen molar-refractivity contribution in [3.63, 3.8) is 0 Å². The van der Waals surface area contributed by atoms with Crippen molar-refractivity contribution >= 4 is 18.1 Å². The molecule has 0 saturated heterocycles. The van der Waals surface area contributed by atoms with Gasteiger partial charge < -0.3 is 14.8 Å². The summed E-state index contributed by atoms with van der Waals surface area (Å²) in [6.07, 6.45) is 3.85. The molecule has 32 heavy (non-hydrogen) atoms. The lowest BCUT2D eigenvalue weighted by molar-refractivity contribution is 0.0594. The van der Waals surface area contributed by atoms with Crippen molar-refractivity contribution in [2.75, 3.05) is 20.3 Å². The highest BCUT2D eigenvalue weighted by Gasteiger charge is 2.28. The molecule has 0 bridgehead atoms. The van der Waals surface area contributed by atoms with Crippen molar-refractivity contribution in [2.45, 2.75) is 12.3 Å². The SMILES string of the molecule is COC(=O)c1cccc(C=CCCNC(=O)OCC2c3ccccc3-c3ccccc32)n1. The molecule has 0 atom stereocenters. The third-order valence-corrected chi connectivity index (χ3v) is 5.38. The van der Waals surface area contributed by atoms with Crippen LogP contribution < -0.4 is 5.32 Å². The Morgan fingerprint density at radius 1 is 0.969 bits per heavy atom. The molecule has 6 heteroatoms. The zero-order valence-corrected chi connectivity index (χ0v) is 17.8. The second-order valence-electron chi connectivity index (χ2n) is 7.38. The van der Waals surface area contributed by atoms with Crippen LogP contribution in [0.2, 0.25) is 0 Å². The predicted octanol–water partition coefficient (Wildman–Crippen LogP) is 4.81. The fourth-order valence-electron chi connectivity index (χ4n) is 3.87. The molecule has 0 spiro atoms. The molecule has 1 N–H and O–H groups in total. The zero-order valence-electron chi connectivity index (χ0n) is 17.8. The number of alkyl carbamates (subject to hydrolysis) is 1. The van der Waals surface area contributed by atoms with Gasteiger partial charge in [-0.25, -0.2) is 14.6 Å². The number of nitrogens with zero attached hydrogens (tertiary/aromatic N) is 1. The summed E-state index contributed by atoms with van der Waals surface area (Å²) in [5.74, 6) is -0.432. The molecule has 0 saturated carbocycles. The number of esters is 1. The first-order valence-electron chi connectivity index (χ1n) is 10.5. The number of hydrogen-bond donors (Lipinski definition) is 1. The molecule has 1 aliphatic rings. The van der Waals surface area contributed by atoms with Crippen LogP contribution in [-0.4, -0.2) is 37.3 Å². The number of rotatable bonds is 7.